The molecule has 0 aliphatic heterocycles. The summed E-state index contributed by atoms with van der Waals surface area (Å²) in [6, 6.07) is 4.92. The largest absolute Gasteiger partial charge is 0.301 e. The number of nitrogens with zero attached hydrogens (tertiary/aromatic N) is 3. The minimum absolute atomic E-state index is 0.0838. The van der Waals surface area contributed by atoms with Crippen LogP contribution in [-0.4, -0.2) is 26.0 Å². The molecule has 8 heteroatoms. The Morgan fingerprint density at radius 1 is 1.30 bits per heavy atom. The number of thiocarbonyl (C=S) groups is 1. The number of aryl methyl sites for hydroxylation is 1. The van der Waals surface area contributed by atoms with Crippen LogP contribution in [0.1, 0.15) is 16.1 Å². The summed E-state index contributed by atoms with van der Waals surface area (Å²) >= 11 is 10.8. The van der Waals surface area contributed by atoms with Crippen molar-refractivity contribution in [2.45, 2.75) is 6.92 Å². The number of carbonyl (C=O) groups is 1. The SMILES string of the molecule is Cc1ccnc(NC(=S)NC(=O)c2cccnc2Cl)n1. The molecule has 6 nitrogen and oxygen atoms in total. The molecule has 0 atom stereocenters. The Morgan fingerprint density at radius 3 is 2.80 bits per heavy atom. The van der Waals surface area contributed by atoms with E-state index in [0.717, 1.165) is 5.69 Å². The Morgan fingerprint density at radius 2 is 2.10 bits per heavy atom. The van der Waals surface area contributed by atoms with Crippen molar-refractivity contribution in [1.82, 2.24) is 20.3 Å². The molecule has 0 spiro atoms. The van der Waals surface area contributed by atoms with Crippen LogP contribution in [0, 0.1) is 6.92 Å². The molecular formula is C12H10ClN5OS. The quantitative estimate of drug-likeness (QED) is 0.652. The first kappa shape index (κ1) is 14.3. The van der Waals surface area contributed by atoms with E-state index in [1.54, 1.807) is 24.4 Å². The summed E-state index contributed by atoms with van der Waals surface area (Å²) in [5.41, 5.74) is 1.02. The second-order valence-electron chi connectivity index (χ2n) is 3.77. The average molecular weight is 308 g/mol. The molecule has 0 aliphatic carbocycles. The Bertz CT molecular complexity index is 664. The third-order valence-corrected chi connectivity index (χ3v) is 2.76. The molecule has 0 fully saturated rings. The summed E-state index contributed by atoms with van der Waals surface area (Å²) in [5.74, 6) is -0.138. The molecule has 0 unspecified atom stereocenters. The number of anilines is 1. The molecule has 0 aromatic carbocycles. The van der Waals surface area contributed by atoms with Crippen molar-refractivity contribution in [3.8, 4) is 0 Å². The lowest BCUT2D eigenvalue weighted by atomic mass is 10.3. The first-order valence-electron chi connectivity index (χ1n) is 5.59. The fraction of sp³-hybridized carbons (Fsp3) is 0.0833. The summed E-state index contributed by atoms with van der Waals surface area (Å²) in [7, 11) is 0. The van der Waals surface area contributed by atoms with Gasteiger partial charge in [-0.15, -0.1) is 0 Å². The number of rotatable bonds is 2. The topological polar surface area (TPSA) is 79.8 Å². The van der Waals surface area contributed by atoms with Gasteiger partial charge in [-0.05, 0) is 37.3 Å². The standard InChI is InChI=1S/C12H10ClN5OS/c1-7-4-6-15-11(16-7)18-12(20)17-10(19)8-3-2-5-14-9(8)13/h2-6H,1H3,(H2,15,16,17,18,19,20). The van der Waals surface area contributed by atoms with E-state index >= 15 is 0 Å². The fourth-order valence-electron chi connectivity index (χ4n) is 1.37. The molecule has 0 radical (unpaired) electrons. The van der Waals surface area contributed by atoms with E-state index in [2.05, 4.69) is 25.6 Å². The zero-order valence-corrected chi connectivity index (χ0v) is 12.0. The molecule has 0 bridgehead atoms. The number of halogens is 1. The maximum atomic E-state index is 11.9. The first-order valence-corrected chi connectivity index (χ1v) is 6.37. The van der Waals surface area contributed by atoms with Crippen molar-refractivity contribution < 1.29 is 4.79 Å². The van der Waals surface area contributed by atoms with Crippen molar-refractivity contribution >= 4 is 40.8 Å². The lowest BCUT2D eigenvalue weighted by Crippen LogP contribution is -2.34. The van der Waals surface area contributed by atoms with E-state index in [0.29, 0.717) is 5.95 Å². The number of hydrogen-bond donors (Lipinski definition) is 2. The van der Waals surface area contributed by atoms with E-state index in [-0.39, 0.29) is 15.8 Å². The molecule has 1 amide bonds. The highest BCUT2D eigenvalue weighted by Gasteiger charge is 2.12. The van der Waals surface area contributed by atoms with Crippen LogP contribution >= 0.6 is 23.8 Å². The predicted molar refractivity (Wildman–Crippen MR) is 79.7 cm³/mol. The van der Waals surface area contributed by atoms with Crippen molar-refractivity contribution in [3.63, 3.8) is 0 Å². The van der Waals surface area contributed by atoms with E-state index < -0.39 is 5.91 Å². The van der Waals surface area contributed by atoms with Gasteiger partial charge in [0.2, 0.25) is 5.95 Å². The van der Waals surface area contributed by atoms with Crippen molar-refractivity contribution in [2.75, 3.05) is 5.32 Å². The Hall–Kier alpha value is -2.12. The molecule has 102 valence electrons. The molecule has 20 heavy (non-hydrogen) atoms. The summed E-state index contributed by atoms with van der Waals surface area (Å²) in [6.07, 6.45) is 3.09. The van der Waals surface area contributed by atoms with Gasteiger partial charge in [-0.3, -0.25) is 10.1 Å². The van der Waals surface area contributed by atoms with Gasteiger partial charge in [0.25, 0.3) is 5.91 Å². The Labute approximate surface area is 125 Å². The minimum atomic E-state index is -0.451. The van der Waals surface area contributed by atoms with Crippen LogP contribution in [0.15, 0.2) is 30.6 Å². The molecule has 0 saturated heterocycles. The van der Waals surface area contributed by atoms with Gasteiger partial charge >= 0.3 is 0 Å². The molecule has 2 heterocycles. The second-order valence-corrected chi connectivity index (χ2v) is 4.54. The summed E-state index contributed by atoms with van der Waals surface area (Å²) in [6.45, 7) is 1.82. The summed E-state index contributed by atoms with van der Waals surface area (Å²) in [4.78, 5) is 23.8. The fourth-order valence-corrected chi connectivity index (χ4v) is 1.76. The highest BCUT2D eigenvalue weighted by atomic mass is 35.5. The Kier molecular flexibility index (Phi) is 4.54. The highest BCUT2D eigenvalue weighted by molar-refractivity contribution is 7.80. The molecule has 2 rings (SSSR count). The number of carbonyl (C=O) groups excluding carboxylic acids is 1. The van der Waals surface area contributed by atoms with Gasteiger partial charge in [0.15, 0.2) is 5.11 Å². The highest BCUT2D eigenvalue weighted by Crippen LogP contribution is 2.11. The Balaban J connectivity index is 2.02. The molecule has 0 aliphatic rings. The zero-order valence-electron chi connectivity index (χ0n) is 10.4. The van der Waals surface area contributed by atoms with E-state index in [1.165, 1.54) is 6.20 Å². The van der Waals surface area contributed by atoms with Crippen molar-refractivity contribution in [2.24, 2.45) is 0 Å². The van der Waals surface area contributed by atoms with Crippen LogP contribution in [0.3, 0.4) is 0 Å². The number of nitrogens with one attached hydrogen (secondary N) is 2. The van der Waals surface area contributed by atoms with Gasteiger partial charge in [-0.25, -0.2) is 15.0 Å². The number of aromatic nitrogens is 3. The first-order chi connectivity index (χ1) is 9.56. The number of hydrogen-bond acceptors (Lipinski definition) is 5. The van der Waals surface area contributed by atoms with Crippen LogP contribution in [0.25, 0.3) is 0 Å². The number of pyridine rings is 1. The summed E-state index contributed by atoms with van der Waals surface area (Å²) < 4.78 is 0. The van der Waals surface area contributed by atoms with Gasteiger partial charge < -0.3 is 5.32 Å². The third kappa shape index (κ3) is 3.69. The van der Waals surface area contributed by atoms with Crippen LogP contribution in [0.4, 0.5) is 5.95 Å². The second kappa shape index (κ2) is 6.36. The molecule has 2 aromatic heterocycles. The van der Waals surface area contributed by atoms with Gasteiger partial charge in [0.1, 0.15) is 5.15 Å². The van der Waals surface area contributed by atoms with Gasteiger partial charge in [0, 0.05) is 18.1 Å². The zero-order chi connectivity index (χ0) is 14.5. The lowest BCUT2D eigenvalue weighted by Gasteiger charge is -2.08. The van der Waals surface area contributed by atoms with E-state index in [1.807, 2.05) is 6.92 Å². The predicted octanol–water partition coefficient (Wildman–Crippen LogP) is 1.96. The molecule has 0 saturated carbocycles. The molecule has 2 N–H and O–H groups in total. The monoisotopic (exact) mass is 307 g/mol. The van der Waals surface area contributed by atoms with E-state index in [4.69, 9.17) is 23.8 Å². The molecule has 2 aromatic rings. The summed E-state index contributed by atoms with van der Waals surface area (Å²) in [5, 5.41) is 5.39. The normalized spacial score (nSPS) is 9.90. The lowest BCUT2D eigenvalue weighted by molar-refractivity contribution is 0.0977. The maximum Gasteiger partial charge on any atom is 0.260 e. The number of amides is 1. The van der Waals surface area contributed by atoms with Crippen LogP contribution in [-0.2, 0) is 0 Å². The van der Waals surface area contributed by atoms with Gasteiger partial charge in [-0.2, -0.15) is 0 Å². The third-order valence-electron chi connectivity index (χ3n) is 2.25. The van der Waals surface area contributed by atoms with Crippen molar-refractivity contribution in [3.05, 3.63) is 47.0 Å². The average Bonchev–Trinajstić information content (AvgIpc) is 2.38. The smallest absolute Gasteiger partial charge is 0.260 e. The minimum Gasteiger partial charge on any atom is -0.301 e. The molecular weight excluding hydrogens is 298 g/mol. The maximum absolute atomic E-state index is 11.9. The van der Waals surface area contributed by atoms with Crippen LogP contribution < -0.4 is 10.6 Å². The van der Waals surface area contributed by atoms with Crippen LogP contribution in [0.2, 0.25) is 5.15 Å². The van der Waals surface area contributed by atoms with Gasteiger partial charge in [0.05, 0.1) is 5.56 Å². The van der Waals surface area contributed by atoms with Gasteiger partial charge in [-0.1, -0.05) is 11.6 Å². The van der Waals surface area contributed by atoms with Crippen LogP contribution in [0.5, 0.6) is 0 Å². The van der Waals surface area contributed by atoms with Crippen molar-refractivity contribution in [1.29, 1.82) is 0 Å². The van der Waals surface area contributed by atoms with E-state index in [9.17, 15) is 4.79 Å².